The Morgan fingerprint density at radius 1 is 1.16 bits per heavy atom. The van der Waals surface area contributed by atoms with Crippen LogP contribution in [0.25, 0.3) is 0 Å². The minimum Gasteiger partial charge on any atom is -0.444 e. The third-order valence-electron chi connectivity index (χ3n) is 6.19. The lowest BCUT2D eigenvalue weighted by Gasteiger charge is -2.31. The highest BCUT2D eigenvalue weighted by atomic mass is 32.1. The van der Waals surface area contributed by atoms with E-state index in [1.54, 1.807) is 0 Å². The van der Waals surface area contributed by atoms with E-state index in [0.717, 1.165) is 70.3 Å². The van der Waals surface area contributed by atoms with E-state index in [9.17, 15) is 18.0 Å². The summed E-state index contributed by atoms with van der Waals surface area (Å²) in [6.45, 7) is 8.52. The van der Waals surface area contributed by atoms with E-state index in [1.807, 2.05) is 20.8 Å². The van der Waals surface area contributed by atoms with E-state index >= 15 is 0 Å². The van der Waals surface area contributed by atoms with Gasteiger partial charge in [-0.3, -0.25) is 0 Å². The number of alkyl carbamates (subject to hydrolysis) is 1. The van der Waals surface area contributed by atoms with Crippen molar-refractivity contribution in [2.45, 2.75) is 96.4 Å². The number of hydrogen-bond donors (Lipinski definition) is 1. The zero-order valence-electron chi connectivity index (χ0n) is 19.4. The summed E-state index contributed by atoms with van der Waals surface area (Å²) < 4.78 is 42.7. The van der Waals surface area contributed by atoms with Crippen LogP contribution < -0.4 is 5.32 Å². The minimum absolute atomic E-state index is 0.00363. The summed E-state index contributed by atoms with van der Waals surface area (Å²) >= 11 is 1.46. The normalized spacial score (nSPS) is 22.8. The number of alkyl halides is 3. The van der Waals surface area contributed by atoms with Crippen LogP contribution >= 0.6 is 11.3 Å². The summed E-state index contributed by atoms with van der Waals surface area (Å²) in [5.74, 6) is 0.677. The number of amides is 1. The van der Waals surface area contributed by atoms with Gasteiger partial charge in [-0.05, 0) is 71.8 Å². The van der Waals surface area contributed by atoms with Crippen molar-refractivity contribution in [1.29, 1.82) is 0 Å². The Labute approximate surface area is 193 Å². The Bertz CT molecular complexity index is 727. The van der Waals surface area contributed by atoms with Gasteiger partial charge in [-0.15, -0.1) is 11.3 Å². The molecule has 1 fully saturated rings. The first-order valence-electron chi connectivity index (χ1n) is 11.7. The number of nitrogens with one attached hydrogen (secondary N) is 1. The lowest BCUT2D eigenvalue weighted by atomic mass is 9.84. The highest BCUT2D eigenvalue weighted by Gasteiger charge is 2.28. The number of fused-ring (bicyclic) bond motifs is 1. The highest BCUT2D eigenvalue weighted by molar-refractivity contribution is 7.11. The summed E-state index contributed by atoms with van der Waals surface area (Å²) in [5.41, 5.74) is 0.529. The Morgan fingerprint density at radius 2 is 1.84 bits per heavy atom. The van der Waals surface area contributed by atoms with Crippen LogP contribution in [-0.4, -0.2) is 53.4 Å². The van der Waals surface area contributed by atoms with E-state index in [1.165, 1.54) is 16.2 Å². The van der Waals surface area contributed by atoms with Gasteiger partial charge in [-0.25, -0.2) is 9.78 Å². The van der Waals surface area contributed by atoms with Crippen LogP contribution in [0.5, 0.6) is 0 Å². The van der Waals surface area contributed by atoms with Crippen LogP contribution in [0.3, 0.4) is 0 Å². The molecule has 2 heterocycles. The van der Waals surface area contributed by atoms with Gasteiger partial charge >= 0.3 is 12.3 Å². The molecular formula is C23H36F3N3O2S. The summed E-state index contributed by atoms with van der Waals surface area (Å²) in [6.07, 6.45) is 1.83. The molecule has 9 heteroatoms. The molecule has 1 amide bonds. The third kappa shape index (κ3) is 8.54. The van der Waals surface area contributed by atoms with Gasteiger partial charge in [-0.1, -0.05) is 0 Å². The van der Waals surface area contributed by atoms with Gasteiger partial charge in [0.25, 0.3) is 0 Å². The van der Waals surface area contributed by atoms with Crippen LogP contribution in [-0.2, 0) is 24.0 Å². The summed E-state index contributed by atoms with van der Waals surface area (Å²) in [4.78, 5) is 20.1. The quantitative estimate of drug-likeness (QED) is 0.589. The van der Waals surface area contributed by atoms with Crippen LogP contribution in [0.1, 0.15) is 74.9 Å². The van der Waals surface area contributed by atoms with Crippen molar-refractivity contribution >= 4 is 17.4 Å². The molecule has 5 nitrogen and oxygen atoms in total. The van der Waals surface area contributed by atoms with Crippen molar-refractivity contribution in [2.24, 2.45) is 5.92 Å². The molecule has 32 heavy (non-hydrogen) atoms. The number of rotatable bonds is 6. The molecule has 2 aliphatic rings. The van der Waals surface area contributed by atoms with E-state index in [-0.39, 0.29) is 18.6 Å². The smallest absolute Gasteiger partial charge is 0.407 e. The van der Waals surface area contributed by atoms with Crippen molar-refractivity contribution in [2.75, 3.05) is 19.6 Å². The molecule has 0 bridgehead atoms. The van der Waals surface area contributed by atoms with Gasteiger partial charge in [0, 0.05) is 43.3 Å². The van der Waals surface area contributed by atoms with Crippen LogP contribution in [0.4, 0.5) is 18.0 Å². The number of hydrogen-bond acceptors (Lipinski definition) is 5. The average molecular weight is 476 g/mol. The minimum atomic E-state index is -4.12. The molecule has 1 aromatic rings. The molecule has 3 rings (SSSR count). The molecular weight excluding hydrogens is 439 g/mol. The fraction of sp³-hybridized carbons (Fsp3) is 0.826. The number of nitrogens with zero attached hydrogens (tertiary/aromatic N) is 2. The zero-order valence-corrected chi connectivity index (χ0v) is 20.2. The molecule has 1 N–H and O–H groups in total. The highest BCUT2D eigenvalue weighted by Crippen LogP contribution is 2.29. The number of carbonyl (C=O) groups excluding carboxylic acids is 1. The number of carbonyl (C=O) groups is 1. The van der Waals surface area contributed by atoms with E-state index in [4.69, 9.17) is 4.74 Å². The first kappa shape index (κ1) is 25.3. The maximum atomic E-state index is 12.5. The second kappa shape index (κ2) is 10.7. The number of aromatic nitrogens is 1. The largest absolute Gasteiger partial charge is 0.444 e. The van der Waals surface area contributed by atoms with Gasteiger partial charge < -0.3 is 15.0 Å². The molecule has 0 saturated heterocycles. The Kier molecular flexibility index (Phi) is 8.47. The molecule has 1 aliphatic carbocycles. The SMILES string of the molecule is CC(C)(C)OC(=O)N[C@H]1CC[C@H](CCN2CCc3nc(CCC(F)(F)F)sc3CC2)CC1. The topological polar surface area (TPSA) is 54.5 Å². The van der Waals surface area contributed by atoms with E-state index in [2.05, 4.69) is 15.2 Å². The Hall–Kier alpha value is -1.35. The molecule has 1 aromatic heterocycles. The van der Waals surface area contributed by atoms with Crippen molar-refractivity contribution in [1.82, 2.24) is 15.2 Å². The molecule has 0 unspecified atom stereocenters. The number of thiazole rings is 1. The fourth-order valence-corrected chi connectivity index (χ4v) is 5.58. The summed E-state index contributed by atoms with van der Waals surface area (Å²) in [7, 11) is 0. The van der Waals surface area contributed by atoms with Crippen LogP contribution in [0, 0.1) is 5.92 Å². The van der Waals surface area contributed by atoms with Crippen LogP contribution in [0.15, 0.2) is 0 Å². The van der Waals surface area contributed by atoms with Gasteiger partial charge in [0.15, 0.2) is 0 Å². The molecule has 0 radical (unpaired) electrons. The number of aryl methyl sites for hydroxylation is 1. The third-order valence-corrected chi connectivity index (χ3v) is 7.40. The average Bonchev–Trinajstić information content (AvgIpc) is 2.97. The first-order valence-corrected chi connectivity index (χ1v) is 12.5. The predicted molar refractivity (Wildman–Crippen MR) is 120 cm³/mol. The molecule has 0 aromatic carbocycles. The van der Waals surface area contributed by atoms with Crippen molar-refractivity contribution in [3.8, 4) is 0 Å². The summed E-state index contributed by atoms with van der Waals surface area (Å²) in [5, 5.41) is 3.62. The fourth-order valence-electron chi connectivity index (χ4n) is 4.48. The number of ether oxygens (including phenoxy) is 1. The van der Waals surface area contributed by atoms with E-state index in [0.29, 0.717) is 10.9 Å². The van der Waals surface area contributed by atoms with Gasteiger partial charge in [0.05, 0.1) is 10.7 Å². The first-order chi connectivity index (χ1) is 15.0. The Balaban J connectivity index is 1.35. The lowest BCUT2D eigenvalue weighted by molar-refractivity contribution is -0.134. The summed E-state index contributed by atoms with van der Waals surface area (Å²) in [6, 6.07) is 0.202. The lowest BCUT2D eigenvalue weighted by Crippen LogP contribution is -2.41. The maximum Gasteiger partial charge on any atom is 0.407 e. The zero-order chi connectivity index (χ0) is 23.4. The second-order valence-electron chi connectivity index (χ2n) is 10.1. The Morgan fingerprint density at radius 3 is 2.50 bits per heavy atom. The van der Waals surface area contributed by atoms with Crippen molar-refractivity contribution in [3.05, 3.63) is 15.6 Å². The molecule has 1 aliphatic heterocycles. The van der Waals surface area contributed by atoms with Crippen molar-refractivity contribution in [3.63, 3.8) is 0 Å². The molecule has 0 spiro atoms. The van der Waals surface area contributed by atoms with Crippen molar-refractivity contribution < 1.29 is 22.7 Å². The van der Waals surface area contributed by atoms with Crippen LogP contribution in [0.2, 0.25) is 0 Å². The second-order valence-corrected chi connectivity index (χ2v) is 11.3. The monoisotopic (exact) mass is 475 g/mol. The predicted octanol–water partition coefficient (Wildman–Crippen LogP) is 5.51. The van der Waals surface area contributed by atoms with Gasteiger partial charge in [0.1, 0.15) is 5.60 Å². The molecule has 0 atom stereocenters. The standard InChI is InChI=1S/C23H36F3N3O2S/c1-22(2,3)31-21(30)27-17-6-4-16(5-7-17)9-13-29-14-10-18-19(11-15-29)32-20(28-18)8-12-23(24,25)26/h16-17H,4-15H2,1-3H3,(H,27,30)/t16-,17-. The molecule has 182 valence electrons. The van der Waals surface area contributed by atoms with Gasteiger partial charge in [-0.2, -0.15) is 13.2 Å². The van der Waals surface area contributed by atoms with E-state index < -0.39 is 18.2 Å². The number of halogens is 3. The molecule has 1 saturated carbocycles. The maximum absolute atomic E-state index is 12.5. The van der Waals surface area contributed by atoms with Gasteiger partial charge in [0.2, 0.25) is 0 Å².